The first-order valence-electron chi connectivity index (χ1n) is 11.1. The summed E-state index contributed by atoms with van der Waals surface area (Å²) in [5, 5.41) is 0. The maximum Gasteiger partial charge on any atom is 0.339 e. The van der Waals surface area contributed by atoms with Crippen LogP contribution in [0, 0.1) is 0 Å². The molecule has 0 saturated carbocycles. The van der Waals surface area contributed by atoms with Gasteiger partial charge in [0.2, 0.25) is 11.6 Å². The normalized spacial score (nSPS) is 14.5. The van der Waals surface area contributed by atoms with Crippen LogP contribution in [0.3, 0.4) is 0 Å². The van der Waals surface area contributed by atoms with Crippen molar-refractivity contribution >= 4 is 17.1 Å². The van der Waals surface area contributed by atoms with E-state index in [2.05, 4.69) is 15.0 Å². The highest BCUT2D eigenvalue weighted by molar-refractivity contribution is 5.92. The van der Waals surface area contributed by atoms with Crippen molar-refractivity contribution in [3.05, 3.63) is 65.7 Å². The quantitative estimate of drug-likeness (QED) is 0.370. The van der Waals surface area contributed by atoms with Crippen molar-refractivity contribution in [1.82, 2.24) is 19.5 Å². The number of carbonyl (C=O) groups is 1. The molecule has 10 nitrogen and oxygen atoms in total. The lowest BCUT2D eigenvalue weighted by Gasteiger charge is -2.28. The molecule has 3 aromatic heterocycles. The second-order valence-electron chi connectivity index (χ2n) is 7.84. The average Bonchev–Trinajstić information content (AvgIpc) is 3.30. The van der Waals surface area contributed by atoms with Crippen LogP contribution < -0.4 is 18.9 Å². The standard InChI is InChI=1S/C25H24N4O6/c1-4-33-22-6-5-16(10-26-22)21-13-34-20-8-15(7-19(31-2)23(20)35-21)12-29-14-28-18-9-17(25(30)32-3)11-27-24(18)29/h5-11,14,21H,4,12-13H2,1-3H3. The Bertz CT molecular complexity index is 1350. The van der Waals surface area contributed by atoms with Crippen LogP contribution in [0.2, 0.25) is 0 Å². The molecule has 180 valence electrons. The fourth-order valence-electron chi connectivity index (χ4n) is 3.91. The second-order valence-corrected chi connectivity index (χ2v) is 7.84. The Morgan fingerprint density at radius 1 is 1.14 bits per heavy atom. The van der Waals surface area contributed by atoms with Crippen molar-refractivity contribution in [2.75, 3.05) is 27.4 Å². The molecule has 4 aromatic rings. The average molecular weight is 476 g/mol. The van der Waals surface area contributed by atoms with Crippen LogP contribution >= 0.6 is 0 Å². The van der Waals surface area contributed by atoms with Gasteiger partial charge in [-0.3, -0.25) is 0 Å². The summed E-state index contributed by atoms with van der Waals surface area (Å²) < 4.78 is 30.0. The first-order valence-corrected chi connectivity index (χ1v) is 11.1. The number of hydrogen-bond donors (Lipinski definition) is 0. The van der Waals surface area contributed by atoms with E-state index in [4.69, 9.17) is 23.7 Å². The summed E-state index contributed by atoms with van der Waals surface area (Å²) in [6.45, 7) is 3.28. The highest BCUT2D eigenvalue weighted by Crippen LogP contribution is 2.44. The van der Waals surface area contributed by atoms with E-state index in [-0.39, 0.29) is 6.10 Å². The monoisotopic (exact) mass is 476 g/mol. The lowest BCUT2D eigenvalue weighted by molar-refractivity contribution is 0.0600. The minimum atomic E-state index is -0.454. The first kappa shape index (κ1) is 22.5. The molecule has 35 heavy (non-hydrogen) atoms. The second kappa shape index (κ2) is 9.49. The van der Waals surface area contributed by atoms with Gasteiger partial charge in [-0.2, -0.15) is 0 Å². The third kappa shape index (κ3) is 4.42. The summed E-state index contributed by atoms with van der Waals surface area (Å²) in [6, 6.07) is 9.20. The Morgan fingerprint density at radius 2 is 2.03 bits per heavy atom. The lowest BCUT2D eigenvalue weighted by Crippen LogP contribution is -2.22. The Hall–Kier alpha value is -4.34. The molecule has 0 radical (unpaired) electrons. The van der Waals surface area contributed by atoms with Crippen LogP contribution in [-0.2, 0) is 11.3 Å². The molecule has 10 heteroatoms. The Balaban J connectivity index is 1.38. The molecule has 5 rings (SSSR count). The number of benzene rings is 1. The zero-order valence-electron chi connectivity index (χ0n) is 19.6. The molecule has 0 aliphatic carbocycles. The van der Waals surface area contributed by atoms with Crippen LogP contribution in [-0.4, -0.2) is 52.9 Å². The number of ether oxygens (including phenoxy) is 5. The molecule has 1 unspecified atom stereocenters. The number of pyridine rings is 2. The fraction of sp³-hybridized carbons (Fsp3) is 0.280. The number of esters is 1. The van der Waals surface area contributed by atoms with Crippen LogP contribution in [0.15, 0.2) is 49.1 Å². The summed E-state index contributed by atoms with van der Waals surface area (Å²) in [4.78, 5) is 24.9. The van der Waals surface area contributed by atoms with Crippen molar-refractivity contribution in [2.45, 2.75) is 19.6 Å². The third-order valence-electron chi connectivity index (χ3n) is 5.60. The van der Waals surface area contributed by atoms with E-state index in [0.717, 1.165) is 11.1 Å². The van der Waals surface area contributed by atoms with E-state index in [1.54, 1.807) is 25.7 Å². The number of methoxy groups -OCH3 is 2. The van der Waals surface area contributed by atoms with Gasteiger partial charge in [-0.1, -0.05) is 0 Å². The first-order chi connectivity index (χ1) is 17.1. The maximum absolute atomic E-state index is 11.8. The molecule has 1 aromatic carbocycles. The number of imidazole rings is 1. The zero-order valence-corrected chi connectivity index (χ0v) is 19.6. The molecule has 1 aliphatic rings. The minimum absolute atomic E-state index is 0.323. The van der Waals surface area contributed by atoms with Gasteiger partial charge in [0.15, 0.2) is 23.3 Å². The molecule has 0 saturated heterocycles. The van der Waals surface area contributed by atoms with Crippen molar-refractivity contribution < 1.29 is 28.5 Å². The van der Waals surface area contributed by atoms with Gasteiger partial charge < -0.3 is 28.3 Å². The highest BCUT2D eigenvalue weighted by atomic mass is 16.6. The van der Waals surface area contributed by atoms with Gasteiger partial charge in [0.05, 0.1) is 39.3 Å². The van der Waals surface area contributed by atoms with Crippen LogP contribution in [0.1, 0.15) is 34.5 Å². The summed E-state index contributed by atoms with van der Waals surface area (Å²) in [5.74, 6) is 1.81. The molecule has 4 heterocycles. The van der Waals surface area contributed by atoms with Gasteiger partial charge >= 0.3 is 5.97 Å². The number of fused-ring (bicyclic) bond motifs is 2. The number of rotatable bonds is 7. The largest absolute Gasteiger partial charge is 0.493 e. The van der Waals surface area contributed by atoms with Gasteiger partial charge in [-0.15, -0.1) is 0 Å². The lowest BCUT2D eigenvalue weighted by atomic mass is 10.1. The van der Waals surface area contributed by atoms with Gasteiger partial charge in [0, 0.05) is 24.0 Å². The number of carbonyl (C=O) groups excluding carboxylic acids is 1. The Labute approximate surface area is 201 Å². The van der Waals surface area contributed by atoms with Gasteiger partial charge in [-0.25, -0.2) is 19.7 Å². The van der Waals surface area contributed by atoms with Gasteiger partial charge in [0.25, 0.3) is 0 Å². The summed E-state index contributed by atoms with van der Waals surface area (Å²) in [5.41, 5.74) is 3.40. The Kier molecular flexibility index (Phi) is 6.09. The third-order valence-corrected chi connectivity index (χ3v) is 5.60. The van der Waals surface area contributed by atoms with E-state index >= 15 is 0 Å². The highest BCUT2D eigenvalue weighted by Gasteiger charge is 2.27. The van der Waals surface area contributed by atoms with E-state index in [9.17, 15) is 4.79 Å². The number of aromatic nitrogens is 4. The predicted octanol–water partition coefficient (Wildman–Crippen LogP) is 3.58. The molecule has 0 spiro atoms. The zero-order chi connectivity index (χ0) is 24.4. The number of nitrogens with zero attached hydrogens (tertiary/aromatic N) is 4. The summed E-state index contributed by atoms with van der Waals surface area (Å²) in [7, 11) is 2.92. The van der Waals surface area contributed by atoms with Crippen LogP contribution in [0.4, 0.5) is 0 Å². The molecular formula is C25H24N4O6. The molecule has 0 amide bonds. The van der Waals surface area contributed by atoms with Crippen molar-refractivity contribution in [2.24, 2.45) is 0 Å². The predicted molar refractivity (Wildman–Crippen MR) is 125 cm³/mol. The van der Waals surface area contributed by atoms with Gasteiger partial charge in [0.1, 0.15) is 12.1 Å². The van der Waals surface area contributed by atoms with E-state index in [1.165, 1.54) is 13.3 Å². The molecule has 1 aliphatic heterocycles. The van der Waals surface area contributed by atoms with Crippen molar-refractivity contribution in [3.63, 3.8) is 0 Å². The van der Waals surface area contributed by atoms with E-state index in [1.807, 2.05) is 35.8 Å². The van der Waals surface area contributed by atoms with E-state index < -0.39 is 5.97 Å². The van der Waals surface area contributed by atoms with Gasteiger partial charge in [-0.05, 0) is 36.8 Å². The number of hydrogen-bond acceptors (Lipinski definition) is 9. The topological polar surface area (TPSA) is 107 Å². The molecule has 1 atom stereocenters. The molecule has 0 bridgehead atoms. The van der Waals surface area contributed by atoms with Crippen molar-refractivity contribution in [1.29, 1.82) is 0 Å². The SMILES string of the molecule is CCOc1ccc(C2COc3cc(Cn4cnc5cc(C(=O)OC)cnc54)cc(OC)c3O2)cn1. The van der Waals surface area contributed by atoms with Crippen LogP contribution in [0.5, 0.6) is 23.1 Å². The Morgan fingerprint density at radius 3 is 2.77 bits per heavy atom. The van der Waals surface area contributed by atoms with E-state index in [0.29, 0.717) is 59.6 Å². The summed E-state index contributed by atoms with van der Waals surface area (Å²) >= 11 is 0. The summed E-state index contributed by atoms with van der Waals surface area (Å²) in [6.07, 6.45) is 4.56. The smallest absolute Gasteiger partial charge is 0.339 e. The van der Waals surface area contributed by atoms with Crippen LogP contribution in [0.25, 0.3) is 11.2 Å². The molecule has 0 fully saturated rings. The molecule has 0 N–H and O–H groups in total. The minimum Gasteiger partial charge on any atom is -0.493 e. The van der Waals surface area contributed by atoms with Crippen molar-refractivity contribution in [3.8, 4) is 23.1 Å². The maximum atomic E-state index is 11.8. The fourth-order valence-corrected chi connectivity index (χ4v) is 3.91. The molecular weight excluding hydrogens is 452 g/mol.